The predicted molar refractivity (Wildman–Crippen MR) is 102 cm³/mol. The summed E-state index contributed by atoms with van der Waals surface area (Å²) >= 11 is 12.0. The summed E-state index contributed by atoms with van der Waals surface area (Å²) in [7, 11) is 2.95. The molecule has 1 amide bonds. The van der Waals surface area contributed by atoms with Gasteiger partial charge in [-0.2, -0.15) is 5.26 Å². The Morgan fingerprint density at radius 3 is 2.38 bits per heavy atom. The SMILES string of the molecule is COc1cc(N/C=C(/C#N)C(=O)Nc2ccccc2Cl)c(OC)cc1Cl. The number of methoxy groups -OCH3 is 2. The van der Waals surface area contributed by atoms with Crippen LogP contribution in [0.3, 0.4) is 0 Å². The fraction of sp³-hybridized carbons (Fsp3) is 0.111. The molecule has 2 N–H and O–H groups in total. The molecule has 0 saturated carbocycles. The van der Waals surface area contributed by atoms with Crippen LogP contribution >= 0.6 is 23.2 Å². The number of ether oxygens (including phenoxy) is 2. The first kappa shape index (κ1) is 19.4. The van der Waals surface area contributed by atoms with Crippen molar-refractivity contribution in [1.29, 1.82) is 5.26 Å². The van der Waals surface area contributed by atoms with Crippen LogP contribution in [-0.2, 0) is 4.79 Å². The van der Waals surface area contributed by atoms with Gasteiger partial charge in [0.1, 0.15) is 23.1 Å². The second-order valence-corrected chi connectivity index (χ2v) is 5.75. The highest BCUT2D eigenvalue weighted by molar-refractivity contribution is 6.34. The second kappa shape index (κ2) is 8.99. The maximum absolute atomic E-state index is 12.3. The third-order valence-electron chi connectivity index (χ3n) is 3.33. The van der Waals surface area contributed by atoms with Crippen molar-refractivity contribution in [3.63, 3.8) is 0 Å². The summed E-state index contributed by atoms with van der Waals surface area (Å²) in [5.41, 5.74) is 0.735. The molecule has 0 aliphatic rings. The number of carbonyl (C=O) groups is 1. The molecular formula is C18H15Cl2N3O3. The predicted octanol–water partition coefficient (Wildman–Crippen LogP) is 4.47. The van der Waals surface area contributed by atoms with E-state index in [1.807, 2.05) is 6.07 Å². The summed E-state index contributed by atoms with van der Waals surface area (Å²) < 4.78 is 10.4. The first-order valence-corrected chi connectivity index (χ1v) is 8.10. The zero-order valence-electron chi connectivity index (χ0n) is 14.0. The molecule has 0 spiro atoms. The number of amides is 1. The Bertz CT molecular complexity index is 892. The monoisotopic (exact) mass is 391 g/mol. The molecule has 0 unspecified atom stereocenters. The lowest BCUT2D eigenvalue weighted by Crippen LogP contribution is -2.14. The molecule has 0 heterocycles. The van der Waals surface area contributed by atoms with Gasteiger partial charge in [0.05, 0.1) is 35.6 Å². The van der Waals surface area contributed by atoms with Crippen molar-refractivity contribution >= 4 is 40.5 Å². The fourth-order valence-electron chi connectivity index (χ4n) is 2.02. The average molecular weight is 392 g/mol. The quantitative estimate of drug-likeness (QED) is 0.560. The van der Waals surface area contributed by atoms with E-state index < -0.39 is 5.91 Å². The molecule has 0 atom stereocenters. The van der Waals surface area contributed by atoms with Gasteiger partial charge >= 0.3 is 0 Å². The number of nitriles is 1. The Morgan fingerprint density at radius 1 is 1.08 bits per heavy atom. The summed E-state index contributed by atoms with van der Waals surface area (Å²) in [6.07, 6.45) is 1.26. The normalized spacial score (nSPS) is 10.7. The molecule has 2 aromatic carbocycles. The molecule has 0 aliphatic heterocycles. The number of rotatable bonds is 6. The number of carbonyl (C=O) groups excluding carboxylic acids is 1. The first-order chi connectivity index (χ1) is 12.5. The number of nitrogens with zero attached hydrogens (tertiary/aromatic N) is 1. The van der Waals surface area contributed by atoms with E-state index in [-0.39, 0.29) is 5.57 Å². The van der Waals surface area contributed by atoms with E-state index in [0.717, 1.165) is 0 Å². The third kappa shape index (κ3) is 4.60. The molecule has 134 valence electrons. The van der Waals surface area contributed by atoms with Crippen LogP contribution in [-0.4, -0.2) is 20.1 Å². The molecule has 0 fully saturated rings. The number of hydrogen-bond acceptors (Lipinski definition) is 5. The molecule has 0 aromatic heterocycles. The van der Waals surface area contributed by atoms with Gasteiger partial charge in [-0.25, -0.2) is 0 Å². The van der Waals surface area contributed by atoms with Crippen LogP contribution in [0.5, 0.6) is 11.5 Å². The zero-order chi connectivity index (χ0) is 19.1. The van der Waals surface area contributed by atoms with Crippen LogP contribution < -0.4 is 20.1 Å². The van der Waals surface area contributed by atoms with Crippen LogP contribution in [0.2, 0.25) is 10.0 Å². The van der Waals surface area contributed by atoms with Gasteiger partial charge in [-0.1, -0.05) is 35.3 Å². The number of nitrogens with one attached hydrogen (secondary N) is 2. The van der Waals surface area contributed by atoms with E-state index in [0.29, 0.717) is 32.9 Å². The minimum Gasteiger partial charge on any atom is -0.495 e. The van der Waals surface area contributed by atoms with E-state index in [9.17, 15) is 10.1 Å². The lowest BCUT2D eigenvalue weighted by molar-refractivity contribution is -0.112. The Hall–Kier alpha value is -2.88. The Morgan fingerprint density at radius 2 is 1.77 bits per heavy atom. The van der Waals surface area contributed by atoms with Gasteiger partial charge in [-0.15, -0.1) is 0 Å². The molecule has 6 nitrogen and oxygen atoms in total. The molecule has 0 saturated heterocycles. The minimum atomic E-state index is -0.604. The van der Waals surface area contributed by atoms with E-state index in [4.69, 9.17) is 32.7 Å². The maximum atomic E-state index is 12.3. The Labute approximate surface area is 160 Å². The summed E-state index contributed by atoms with van der Waals surface area (Å²) in [5.74, 6) is 0.242. The van der Waals surface area contributed by atoms with Gasteiger partial charge in [0.2, 0.25) is 0 Å². The molecule has 0 radical (unpaired) electrons. The van der Waals surface area contributed by atoms with Crippen molar-refractivity contribution in [2.45, 2.75) is 0 Å². The highest BCUT2D eigenvalue weighted by Crippen LogP contribution is 2.36. The molecular weight excluding hydrogens is 377 g/mol. The molecule has 2 aromatic rings. The van der Waals surface area contributed by atoms with E-state index in [1.54, 1.807) is 36.4 Å². The van der Waals surface area contributed by atoms with Crippen LogP contribution in [0, 0.1) is 11.3 Å². The molecule has 0 aliphatic carbocycles. The summed E-state index contributed by atoms with van der Waals surface area (Å²) in [4.78, 5) is 12.3. The van der Waals surface area contributed by atoms with Crippen molar-refractivity contribution in [1.82, 2.24) is 0 Å². The van der Waals surface area contributed by atoms with Crippen molar-refractivity contribution in [3.05, 3.63) is 58.2 Å². The molecule has 0 bridgehead atoms. The second-order valence-electron chi connectivity index (χ2n) is 4.94. The van der Waals surface area contributed by atoms with Gasteiger partial charge in [0.25, 0.3) is 5.91 Å². The van der Waals surface area contributed by atoms with Gasteiger partial charge in [-0.3, -0.25) is 4.79 Å². The fourth-order valence-corrected chi connectivity index (χ4v) is 2.44. The van der Waals surface area contributed by atoms with Crippen molar-refractivity contribution < 1.29 is 14.3 Å². The lowest BCUT2D eigenvalue weighted by atomic mass is 10.2. The summed E-state index contributed by atoms with van der Waals surface area (Å²) in [5, 5.41) is 15.4. The molecule has 2 rings (SSSR count). The van der Waals surface area contributed by atoms with E-state index >= 15 is 0 Å². The smallest absolute Gasteiger partial charge is 0.267 e. The van der Waals surface area contributed by atoms with Crippen molar-refractivity contribution in [2.24, 2.45) is 0 Å². The Balaban J connectivity index is 2.23. The first-order valence-electron chi connectivity index (χ1n) is 7.34. The number of hydrogen-bond donors (Lipinski definition) is 2. The highest BCUT2D eigenvalue weighted by atomic mass is 35.5. The molecule has 26 heavy (non-hydrogen) atoms. The maximum Gasteiger partial charge on any atom is 0.267 e. The van der Waals surface area contributed by atoms with Crippen molar-refractivity contribution in [3.8, 4) is 17.6 Å². The highest BCUT2D eigenvalue weighted by Gasteiger charge is 2.13. The third-order valence-corrected chi connectivity index (χ3v) is 3.96. The van der Waals surface area contributed by atoms with Gasteiger partial charge in [0, 0.05) is 18.3 Å². The van der Waals surface area contributed by atoms with E-state index in [2.05, 4.69) is 10.6 Å². The van der Waals surface area contributed by atoms with E-state index in [1.165, 1.54) is 20.4 Å². The van der Waals surface area contributed by atoms with Crippen LogP contribution in [0.15, 0.2) is 48.2 Å². The van der Waals surface area contributed by atoms with Gasteiger partial charge in [0.15, 0.2) is 0 Å². The molecule has 8 heteroatoms. The standard InChI is InChI=1S/C18H15Cl2N3O3/c1-25-16-8-15(17(26-2)7-13(16)20)22-10-11(9-21)18(24)23-14-6-4-3-5-12(14)19/h3-8,10,22H,1-2H3,(H,23,24)/b11-10-. The van der Waals surface area contributed by atoms with Crippen LogP contribution in [0.4, 0.5) is 11.4 Å². The topological polar surface area (TPSA) is 83.4 Å². The summed E-state index contributed by atoms with van der Waals surface area (Å²) in [6.45, 7) is 0. The average Bonchev–Trinajstić information content (AvgIpc) is 2.64. The minimum absolute atomic E-state index is 0.152. The number of halogens is 2. The number of anilines is 2. The van der Waals surface area contributed by atoms with Crippen molar-refractivity contribution in [2.75, 3.05) is 24.9 Å². The van der Waals surface area contributed by atoms with Gasteiger partial charge in [-0.05, 0) is 12.1 Å². The zero-order valence-corrected chi connectivity index (χ0v) is 15.5. The van der Waals surface area contributed by atoms with Crippen LogP contribution in [0.1, 0.15) is 0 Å². The Kier molecular flexibility index (Phi) is 6.73. The largest absolute Gasteiger partial charge is 0.495 e. The number of benzene rings is 2. The van der Waals surface area contributed by atoms with Gasteiger partial charge < -0.3 is 20.1 Å². The number of para-hydroxylation sites is 1. The van der Waals surface area contributed by atoms with Crippen LogP contribution in [0.25, 0.3) is 0 Å². The lowest BCUT2D eigenvalue weighted by Gasteiger charge is -2.12. The summed E-state index contributed by atoms with van der Waals surface area (Å²) in [6, 6.07) is 11.7.